The fourth-order valence-corrected chi connectivity index (χ4v) is 2.61. The van der Waals surface area contributed by atoms with Gasteiger partial charge in [-0.1, -0.05) is 51.9 Å². The van der Waals surface area contributed by atoms with E-state index in [1.807, 2.05) is 0 Å². The number of unbranched alkanes of at least 4 members (excludes halogenated alkanes) is 6. The third-order valence-electron chi connectivity index (χ3n) is 3.80. The minimum atomic E-state index is -0.531. The second kappa shape index (κ2) is 10.7. The molecule has 0 spiro atoms. The van der Waals surface area contributed by atoms with E-state index < -0.39 is 11.6 Å². The van der Waals surface area contributed by atoms with Gasteiger partial charge in [0.2, 0.25) is 0 Å². The van der Waals surface area contributed by atoms with E-state index in [9.17, 15) is 8.78 Å². The molecule has 0 aliphatic carbocycles. The molecular weight excluding hydrogens is 270 g/mol. The quantitative estimate of drug-likeness (QED) is 0.359. The third kappa shape index (κ3) is 8.12. The van der Waals surface area contributed by atoms with Gasteiger partial charge in [0, 0.05) is 12.1 Å². The molecule has 1 aromatic carbocycles. The van der Waals surface area contributed by atoms with Crippen LogP contribution in [0, 0.1) is 11.6 Å². The molecule has 0 saturated heterocycles. The zero-order valence-electron chi connectivity index (χ0n) is 13.0. The Kier molecular flexibility index (Phi) is 9.19. The van der Waals surface area contributed by atoms with Gasteiger partial charge < -0.3 is 0 Å². The summed E-state index contributed by atoms with van der Waals surface area (Å²) in [4.78, 5) is 0. The van der Waals surface area contributed by atoms with Gasteiger partial charge in [0.05, 0.1) is 0 Å². The highest BCUT2D eigenvalue weighted by atomic mass is 19.1. The molecular formula is C17H28F2N2. The summed E-state index contributed by atoms with van der Waals surface area (Å²) in [6.07, 6.45) is 10.2. The summed E-state index contributed by atoms with van der Waals surface area (Å²) >= 11 is 0. The van der Waals surface area contributed by atoms with Gasteiger partial charge >= 0.3 is 0 Å². The fourth-order valence-electron chi connectivity index (χ4n) is 2.61. The van der Waals surface area contributed by atoms with E-state index in [0.717, 1.165) is 18.9 Å². The molecule has 0 heterocycles. The van der Waals surface area contributed by atoms with Gasteiger partial charge in [-0.05, 0) is 30.5 Å². The molecule has 0 amide bonds. The Balaban J connectivity index is 2.25. The Bertz CT molecular complexity index is 376. The lowest BCUT2D eigenvalue weighted by atomic mass is 10.00. The second-order valence-electron chi connectivity index (χ2n) is 5.76. The number of halogens is 2. The maximum atomic E-state index is 13.1. The van der Waals surface area contributed by atoms with E-state index in [2.05, 4.69) is 12.3 Å². The molecule has 3 N–H and O–H groups in total. The molecule has 1 aromatic rings. The maximum Gasteiger partial charge on any atom is 0.126 e. The van der Waals surface area contributed by atoms with Crippen molar-refractivity contribution < 1.29 is 8.78 Å². The summed E-state index contributed by atoms with van der Waals surface area (Å²) in [5, 5.41) is 0. The zero-order valence-corrected chi connectivity index (χ0v) is 13.0. The van der Waals surface area contributed by atoms with E-state index in [0.29, 0.717) is 12.0 Å². The molecule has 2 nitrogen and oxygen atoms in total. The summed E-state index contributed by atoms with van der Waals surface area (Å²) < 4.78 is 26.3. The lowest BCUT2D eigenvalue weighted by molar-refractivity contribution is 0.456. The summed E-state index contributed by atoms with van der Waals surface area (Å²) in [5.41, 5.74) is 3.41. The van der Waals surface area contributed by atoms with Crippen molar-refractivity contribution in [3.05, 3.63) is 35.4 Å². The molecule has 0 aliphatic heterocycles. The van der Waals surface area contributed by atoms with E-state index in [-0.39, 0.29) is 6.04 Å². The van der Waals surface area contributed by atoms with E-state index in [4.69, 9.17) is 5.84 Å². The van der Waals surface area contributed by atoms with E-state index >= 15 is 0 Å². The van der Waals surface area contributed by atoms with Crippen molar-refractivity contribution in [3.63, 3.8) is 0 Å². The predicted octanol–water partition coefficient (Wildman–Crippen LogP) is 4.48. The van der Waals surface area contributed by atoms with Crippen LogP contribution in [0.3, 0.4) is 0 Å². The summed E-state index contributed by atoms with van der Waals surface area (Å²) in [6, 6.07) is 3.71. The smallest absolute Gasteiger partial charge is 0.126 e. The van der Waals surface area contributed by atoms with Crippen LogP contribution in [0.1, 0.15) is 63.9 Å². The molecule has 21 heavy (non-hydrogen) atoms. The Hall–Kier alpha value is -1.00. The second-order valence-corrected chi connectivity index (χ2v) is 5.76. The van der Waals surface area contributed by atoms with Gasteiger partial charge in [0.1, 0.15) is 11.6 Å². The van der Waals surface area contributed by atoms with Gasteiger partial charge in [-0.15, -0.1) is 0 Å². The zero-order chi connectivity index (χ0) is 15.5. The van der Waals surface area contributed by atoms with Crippen molar-refractivity contribution in [2.45, 2.75) is 70.8 Å². The Morgan fingerprint density at radius 1 is 0.952 bits per heavy atom. The number of benzene rings is 1. The molecule has 0 saturated carbocycles. The van der Waals surface area contributed by atoms with Crippen LogP contribution < -0.4 is 11.3 Å². The summed E-state index contributed by atoms with van der Waals surface area (Å²) in [5.74, 6) is 4.48. The van der Waals surface area contributed by atoms with E-state index in [1.165, 1.54) is 50.7 Å². The van der Waals surface area contributed by atoms with Crippen molar-refractivity contribution >= 4 is 0 Å². The summed E-state index contributed by atoms with van der Waals surface area (Å²) in [7, 11) is 0. The van der Waals surface area contributed by atoms with Crippen LogP contribution >= 0.6 is 0 Å². The molecule has 1 unspecified atom stereocenters. The molecule has 120 valence electrons. The Morgan fingerprint density at radius 3 is 2.10 bits per heavy atom. The highest BCUT2D eigenvalue weighted by Gasteiger charge is 2.09. The predicted molar refractivity (Wildman–Crippen MR) is 83.8 cm³/mol. The van der Waals surface area contributed by atoms with Gasteiger partial charge in [0.25, 0.3) is 0 Å². The molecule has 0 aliphatic rings. The van der Waals surface area contributed by atoms with E-state index in [1.54, 1.807) is 0 Å². The minimum Gasteiger partial charge on any atom is -0.271 e. The SMILES string of the molecule is CCCCCCCCCC(Cc1cc(F)cc(F)c1)NN. The molecule has 0 bridgehead atoms. The topological polar surface area (TPSA) is 38.0 Å². The monoisotopic (exact) mass is 298 g/mol. The van der Waals surface area contributed by atoms with Crippen LogP contribution in [0.2, 0.25) is 0 Å². The number of hydrogen-bond acceptors (Lipinski definition) is 2. The number of nitrogens with one attached hydrogen (secondary N) is 1. The fraction of sp³-hybridized carbons (Fsp3) is 0.647. The number of hydrazine groups is 1. The maximum absolute atomic E-state index is 13.1. The van der Waals surface area contributed by atoms with Crippen LogP contribution in [0.15, 0.2) is 18.2 Å². The number of rotatable bonds is 11. The van der Waals surface area contributed by atoms with Gasteiger partial charge in [-0.3, -0.25) is 11.3 Å². The first-order valence-electron chi connectivity index (χ1n) is 8.06. The molecule has 1 rings (SSSR count). The molecule has 1 atom stereocenters. The van der Waals surface area contributed by atoms with Crippen LogP contribution in [-0.4, -0.2) is 6.04 Å². The first-order valence-corrected chi connectivity index (χ1v) is 8.06. The van der Waals surface area contributed by atoms with Gasteiger partial charge in [0.15, 0.2) is 0 Å². The number of hydrogen-bond donors (Lipinski definition) is 2. The van der Waals surface area contributed by atoms with Crippen molar-refractivity contribution in [1.29, 1.82) is 0 Å². The van der Waals surface area contributed by atoms with Crippen LogP contribution in [0.4, 0.5) is 8.78 Å². The number of nitrogens with two attached hydrogens (primary N) is 1. The molecule has 4 heteroatoms. The largest absolute Gasteiger partial charge is 0.271 e. The standard InChI is InChI=1S/C17H28F2N2/c1-2-3-4-5-6-7-8-9-17(21-20)12-14-10-15(18)13-16(19)11-14/h10-11,13,17,21H,2-9,12,20H2,1H3. The molecule has 0 radical (unpaired) electrons. The first kappa shape index (κ1) is 18.1. The van der Waals surface area contributed by atoms with Gasteiger partial charge in [-0.25, -0.2) is 8.78 Å². The van der Waals surface area contributed by atoms with Crippen LogP contribution in [0.5, 0.6) is 0 Å². The lowest BCUT2D eigenvalue weighted by Gasteiger charge is -2.16. The molecule has 0 aromatic heterocycles. The van der Waals surface area contributed by atoms with Crippen molar-refractivity contribution in [3.8, 4) is 0 Å². The average molecular weight is 298 g/mol. The van der Waals surface area contributed by atoms with Crippen molar-refractivity contribution in [2.24, 2.45) is 5.84 Å². The van der Waals surface area contributed by atoms with Crippen LogP contribution in [0.25, 0.3) is 0 Å². The normalized spacial score (nSPS) is 12.6. The average Bonchev–Trinajstić information content (AvgIpc) is 2.44. The lowest BCUT2D eigenvalue weighted by Crippen LogP contribution is -2.36. The third-order valence-corrected chi connectivity index (χ3v) is 3.80. The van der Waals surface area contributed by atoms with Gasteiger partial charge in [-0.2, -0.15) is 0 Å². The minimum absolute atomic E-state index is 0.0711. The first-order chi connectivity index (χ1) is 10.2. The Morgan fingerprint density at radius 2 is 1.52 bits per heavy atom. The molecule has 0 fully saturated rings. The Labute approximate surface area is 127 Å². The highest BCUT2D eigenvalue weighted by Crippen LogP contribution is 2.14. The van der Waals surface area contributed by atoms with Crippen LogP contribution in [-0.2, 0) is 6.42 Å². The highest BCUT2D eigenvalue weighted by molar-refractivity contribution is 5.18. The summed E-state index contributed by atoms with van der Waals surface area (Å²) in [6.45, 7) is 2.22. The van der Waals surface area contributed by atoms with Crippen molar-refractivity contribution in [2.75, 3.05) is 0 Å². The van der Waals surface area contributed by atoms with Crippen molar-refractivity contribution in [1.82, 2.24) is 5.43 Å².